The Balaban J connectivity index is 1.55. The summed E-state index contributed by atoms with van der Waals surface area (Å²) in [5, 5.41) is 10.3. The molecule has 0 bridgehead atoms. The third-order valence-electron chi connectivity index (χ3n) is 2.84. The van der Waals surface area contributed by atoms with Gasteiger partial charge in [0.25, 0.3) is 0 Å². The number of aromatic nitrogens is 3. The van der Waals surface area contributed by atoms with Crippen LogP contribution >= 0.6 is 0 Å². The fourth-order valence-electron chi connectivity index (χ4n) is 2.04. The van der Waals surface area contributed by atoms with Gasteiger partial charge in [-0.2, -0.15) is 5.10 Å². The lowest BCUT2D eigenvalue weighted by Crippen LogP contribution is -2.27. The average Bonchev–Trinajstić information content (AvgIpc) is 2.86. The van der Waals surface area contributed by atoms with Crippen molar-refractivity contribution in [2.24, 2.45) is 0 Å². The lowest BCUT2D eigenvalue weighted by Gasteiger charge is -2.10. The first-order valence-electron chi connectivity index (χ1n) is 5.53. The molecule has 0 atom stereocenters. The number of nitrogens with one attached hydrogen (secondary N) is 2. The zero-order valence-electron chi connectivity index (χ0n) is 8.50. The minimum Gasteiger partial charge on any atom is -0.314 e. The Hall–Kier alpha value is -0.900. The highest BCUT2D eigenvalue weighted by Gasteiger charge is 2.13. The summed E-state index contributed by atoms with van der Waals surface area (Å²) >= 11 is 0. The van der Waals surface area contributed by atoms with E-state index in [2.05, 4.69) is 20.5 Å². The first kappa shape index (κ1) is 9.65. The average molecular weight is 194 g/mol. The summed E-state index contributed by atoms with van der Waals surface area (Å²) in [7, 11) is 0. The highest BCUT2D eigenvalue weighted by Crippen LogP contribution is 2.17. The molecule has 1 aromatic rings. The molecule has 0 unspecified atom stereocenters. The van der Waals surface area contributed by atoms with Gasteiger partial charge in [0.2, 0.25) is 0 Å². The number of nitrogens with zero attached hydrogens (tertiary/aromatic N) is 2. The summed E-state index contributed by atoms with van der Waals surface area (Å²) in [6, 6.07) is 0.782. The SMILES string of the molecule is c1n[nH]c(CCCNC2CCCC2)n1. The lowest BCUT2D eigenvalue weighted by molar-refractivity contribution is 0.513. The highest BCUT2D eigenvalue weighted by molar-refractivity contribution is 4.80. The van der Waals surface area contributed by atoms with Crippen molar-refractivity contribution in [2.75, 3.05) is 6.54 Å². The summed E-state index contributed by atoms with van der Waals surface area (Å²) in [5.41, 5.74) is 0. The molecule has 0 radical (unpaired) electrons. The highest BCUT2D eigenvalue weighted by atomic mass is 15.2. The molecule has 2 N–H and O–H groups in total. The number of H-pyrrole nitrogens is 1. The van der Waals surface area contributed by atoms with Gasteiger partial charge in [0.05, 0.1) is 0 Å². The first-order chi connectivity index (χ1) is 6.95. The third kappa shape index (κ3) is 2.80. The van der Waals surface area contributed by atoms with E-state index in [1.165, 1.54) is 25.7 Å². The van der Waals surface area contributed by atoms with Crippen molar-refractivity contribution < 1.29 is 0 Å². The molecule has 2 rings (SSSR count). The second kappa shape index (κ2) is 5.10. The maximum atomic E-state index is 4.09. The molecule has 1 aliphatic rings. The van der Waals surface area contributed by atoms with Crippen molar-refractivity contribution in [1.29, 1.82) is 0 Å². The van der Waals surface area contributed by atoms with Crippen molar-refractivity contribution in [3.63, 3.8) is 0 Å². The normalized spacial score (nSPS) is 17.7. The van der Waals surface area contributed by atoms with E-state index in [-0.39, 0.29) is 0 Å². The zero-order valence-corrected chi connectivity index (χ0v) is 8.50. The first-order valence-corrected chi connectivity index (χ1v) is 5.53. The number of hydrogen-bond acceptors (Lipinski definition) is 3. The lowest BCUT2D eigenvalue weighted by atomic mass is 10.2. The maximum Gasteiger partial charge on any atom is 0.137 e. The summed E-state index contributed by atoms with van der Waals surface area (Å²) in [4.78, 5) is 4.09. The number of hydrogen-bond donors (Lipinski definition) is 2. The monoisotopic (exact) mass is 194 g/mol. The molecule has 1 heterocycles. The molecule has 78 valence electrons. The van der Waals surface area contributed by atoms with Crippen LogP contribution in [-0.2, 0) is 6.42 Å². The summed E-state index contributed by atoms with van der Waals surface area (Å²) in [5.74, 6) is 0.998. The van der Waals surface area contributed by atoms with Crippen molar-refractivity contribution >= 4 is 0 Å². The minimum absolute atomic E-state index is 0.782. The van der Waals surface area contributed by atoms with Gasteiger partial charge in [0.1, 0.15) is 12.2 Å². The second-order valence-electron chi connectivity index (χ2n) is 3.97. The van der Waals surface area contributed by atoms with Crippen LogP contribution in [0.3, 0.4) is 0 Å². The molecule has 1 saturated carbocycles. The Morgan fingerprint density at radius 3 is 3.00 bits per heavy atom. The molecule has 0 amide bonds. The number of rotatable bonds is 5. The van der Waals surface area contributed by atoms with Gasteiger partial charge in [-0.25, -0.2) is 4.98 Å². The predicted molar refractivity (Wildman–Crippen MR) is 55.0 cm³/mol. The molecule has 4 nitrogen and oxygen atoms in total. The van der Waals surface area contributed by atoms with E-state index in [9.17, 15) is 0 Å². The molecule has 0 aromatic carbocycles. The Kier molecular flexibility index (Phi) is 3.51. The standard InChI is InChI=1S/C10H18N4/c1-2-5-9(4-1)11-7-3-6-10-12-8-13-14-10/h8-9,11H,1-7H2,(H,12,13,14). The van der Waals surface area contributed by atoms with Gasteiger partial charge in [-0.05, 0) is 25.8 Å². The van der Waals surface area contributed by atoms with Gasteiger partial charge >= 0.3 is 0 Å². The molecule has 0 aliphatic heterocycles. The minimum atomic E-state index is 0.782. The van der Waals surface area contributed by atoms with Crippen LogP contribution in [0.2, 0.25) is 0 Å². The molecule has 0 spiro atoms. The molecule has 1 fully saturated rings. The fraction of sp³-hybridized carbons (Fsp3) is 0.800. The van der Waals surface area contributed by atoms with Gasteiger partial charge in [0, 0.05) is 12.5 Å². The number of aryl methyl sites for hydroxylation is 1. The van der Waals surface area contributed by atoms with Crippen LogP contribution in [0.25, 0.3) is 0 Å². The fourth-order valence-corrected chi connectivity index (χ4v) is 2.04. The molecule has 0 saturated heterocycles. The van der Waals surface area contributed by atoms with Crippen molar-refractivity contribution in [3.05, 3.63) is 12.2 Å². The van der Waals surface area contributed by atoms with Crippen LogP contribution in [0, 0.1) is 0 Å². The second-order valence-corrected chi connectivity index (χ2v) is 3.97. The zero-order chi connectivity index (χ0) is 9.64. The van der Waals surface area contributed by atoms with Crippen molar-refractivity contribution in [1.82, 2.24) is 20.5 Å². The smallest absolute Gasteiger partial charge is 0.137 e. The Morgan fingerprint density at radius 2 is 2.29 bits per heavy atom. The van der Waals surface area contributed by atoms with Crippen LogP contribution in [0.1, 0.15) is 37.9 Å². The quantitative estimate of drug-likeness (QED) is 0.694. The van der Waals surface area contributed by atoms with Gasteiger partial charge in [-0.3, -0.25) is 5.10 Å². The molecular formula is C10H18N4. The largest absolute Gasteiger partial charge is 0.314 e. The third-order valence-corrected chi connectivity index (χ3v) is 2.84. The van der Waals surface area contributed by atoms with E-state index in [1.807, 2.05) is 0 Å². The Labute approximate surface area is 84.5 Å². The van der Waals surface area contributed by atoms with E-state index in [0.717, 1.165) is 31.3 Å². The van der Waals surface area contributed by atoms with E-state index in [4.69, 9.17) is 0 Å². The van der Waals surface area contributed by atoms with Crippen molar-refractivity contribution in [3.8, 4) is 0 Å². The van der Waals surface area contributed by atoms with Crippen LogP contribution < -0.4 is 5.32 Å². The van der Waals surface area contributed by atoms with Gasteiger partial charge in [-0.1, -0.05) is 12.8 Å². The molecule has 1 aliphatic carbocycles. The van der Waals surface area contributed by atoms with Gasteiger partial charge in [-0.15, -0.1) is 0 Å². The van der Waals surface area contributed by atoms with Gasteiger partial charge in [0.15, 0.2) is 0 Å². The van der Waals surface area contributed by atoms with E-state index in [1.54, 1.807) is 6.33 Å². The van der Waals surface area contributed by atoms with Crippen LogP contribution in [-0.4, -0.2) is 27.8 Å². The van der Waals surface area contributed by atoms with E-state index >= 15 is 0 Å². The van der Waals surface area contributed by atoms with E-state index < -0.39 is 0 Å². The molecular weight excluding hydrogens is 176 g/mol. The molecule has 14 heavy (non-hydrogen) atoms. The maximum absolute atomic E-state index is 4.09. The molecule has 1 aromatic heterocycles. The molecule has 4 heteroatoms. The Morgan fingerprint density at radius 1 is 1.43 bits per heavy atom. The Bertz CT molecular complexity index is 239. The van der Waals surface area contributed by atoms with Crippen molar-refractivity contribution in [2.45, 2.75) is 44.6 Å². The summed E-state index contributed by atoms with van der Waals surface area (Å²) in [6.07, 6.45) is 9.25. The predicted octanol–water partition coefficient (Wildman–Crippen LogP) is 1.27. The summed E-state index contributed by atoms with van der Waals surface area (Å²) < 4.78 is 0. The van der Waals surface area contributed by atoms with Crippen LogP contribution in [0.15, 0.2) is 6.33 Å². The van der Waals surface area contributed by atoms with Gasteiger partial charge < -0.3 is 5.32 Å². The van der Waals surface area contributed by atoms with E-state index in [0.29, 0.717) is 0 Å². The number of aromatic amines is 1. The summed E-state index contributed by atoms with van der Waals surface area (Å²) in [6.45, 7) is 1.10. The van der Waals surface area contributed by atoms with Crippen LogP contribution in [0.5, 0.6) is 0 Å². The topological polar surface area (TPSA) is 53.6 Å². The van der Waals surface area contributed by atoms with Crippen LogP contribution in [0.4, 0.5) is 0 Å².